The molecule has 20 heavy (non-hydrogen) atoms. The molecule has 1 unspecified atom stereocenters. The molecule has 1 amide bonds. The van der Waals surface area contributed by atoms with Crippen LogP contribution in [-0.4, -0.2) is 24.4 Å². The van der Waals surface area contributed by atoms with Crippen molar-refractivity contribution >= 4 is 17.3 Å². The molecule has 0 radical (unpaired) electrons. The zero-order valence-corrected chi connectivity index (χ0v) is 11.7. The predicted molar refractivity (Wildman–Crippen MR) is 76.9 cm³/mol. The lowest BCUT2D eigenvalue weighted by Crippen LogP contribution is -2.29. The normalized spacial score (nSPS) is 15.5. The number of rotatable bonds is 6. The Balaban J connectivity index is 2.05. The van der Waals surface area contributed by atoms with Gasteiger partial charge in [-0.3, -0.25) is 14.9 Å². The van der Waals surface area contributed by atoms with Gasteiger partial charge >= 0.3 is 0 Å². The van der Waals surface area contributed by atoms with Gasteiger partial charge in [-0.25, -0.2) is 0 Å². The number of nitrogens with zero attached hydrogens (tertiary/aromatic N) is 1. The molecule has 6 heteroatoms. The molecule has 0 aromatic heterocycles. The number of hydrogen-bond donors (Lipinski definition) is 2. The molecule has 0 saturated heterocycles. The number of amides is 1. The molecule has 2 N–H and O–H groups in total. The molecule has 0 aliphatic heterocycles. The first-order chi connectivity index (χ1) is 9.52. The molecule has 1 aromatic carbocycles. The van der Waals surface area contributed by atoms with Gasteiger partial charge in [0.15, 0.2) is 0 Å². The molecule has 1 aliphatic rings. The van der Waals surface area contributed by atoms with Gasteiger partial charge in [-0.05, 0) is 36.8 Å². The summed E-state index contributed by atoms with van der Waals surface area (Å²) >= 11 is 0. The number of carbonyl (C=O) groups is 1. The second kappa shape index (κ2) is 5.90. The molecule has 1 fully saturated rings. The van der Waals surface area contributed by atoms with E-state index in [0.717, 1.165) is 5.92 Å². The van der Waals surface area contributed by atoms with Crippen molar-refractivity contribution in [1.82, 2.24) is 5.32 Å². The lowest BCUT2D eigenvalue weighted by molar-refractivity contribution is -0.384. The smallest absolute Gasteiger partial charge is 0.293 e. The summed E-state index contributed by atoms with van der Waals surface area (Å²) in [6.07, 6.45) is 2.47. The van der Waals surface area contributed by atoms with Gasteiger partial charge in [0, 0.05) is 25.2 Å². The van der Waals surface area contributed by atoms with Crippen molar-refractivity contribution in [2.24, 2.45) is 11.8 Å². The van der Waals surface area contributed by atoms with E-state index in [1.165, 1.54) is 18.9 Å². The number of nitrogens with one attached hydrogen (secondary N) is 2. The monoisotopic (exact) mass is 277 g/mol. The summed E-state index contributed by atoms with van der Waals surface area (Å²) in [6.45, 7) is 2.73. The third-order valence-corrected chi connectivity index (χ3v) is 3.74. The summed E-state index contributed by atoms with van der Waals surface area (Å²) in [5.41, 5.74) is 0.631. The molecule has 1 saturated carbocycles. The van der Waals surface area contributed by atoms with E-state index in [-0.39, 0.29) is 11.6 Å². The van der Waals surface area contributed by atoms with E-state index in [2.05, 4.69) is 17.6 Å². The Hall–Kier alpha value is -2.11. The Kier molecular flexibility index (Phi) is 4.22. The van der Waals surface area contributed by atoms with Crippen LogP contribution in [0.15, 0.2) is 18.2 Å². The lowest BCUT2D eigenvalue weighted by atomic mass is 10.1. The van der Waals surface area contributed by atoms with Crippen LogP contribution in [0.4, 0.5) is 11.4 Å². The first kappa shape index (κ1) is 14.3. The van der Waals surface area contributed by atoms with Crippen molar-refractivity contribution < 1.29 is 9.72 Å². The minimum absolute atomic E-state index is 0.0876. The number of anilines is 1. The molecule has 0 bridgehead atoms. The molecule has 2 rings (SSSR count). The summed E-state index contributed by atoms with van der Waals surface area (Å²) in [6, 6.07) is 4.45. The van der Waals surface area contributed by atoms with Crippen LogP contribution in [-0.2, 0) is 0 Å². The maximum absolute atomic E-state index is 12.0. The van der Waals surface area contributed by atoms with Crippen molar-refractivity contribution in [1.29, 1.82) is 0 Å². The first-order valence-corrected chi connectivity index (χ1v) is 6.77. The molecular weight excluding hydrogens is 258 g/mol. The second-order valence-corrected chi connectivity index (χ2v) is 5.26. The van der Waals surface area contributed by atoms with E-state index in [9.17, 15) is 14.9 Å². The number of nitro benzene ring substituents is 1. The van der Waals surface area contributed by atoms with E-state index in [1.807, 2.05) is 0 Å². The maximum atomic E-state index is 12.0. The SMILES string of the molecule is CNc1ccc(C(=O)NCC(C)C2CC2)cc1[N+](=O)[O-]. The van der Waals surface area contributed by atoms with Crippen LogP contribution in [0.2, 0.25) is 0 Å². The molecular formula is C14H19N3O3. The van der Waals surface area contributed by atoms with E-state index < -0.39 is 4.92 Å². The highest BCUT2D eigenvalue weighted by molar-refractivity contribution is 5.95. The van der Waals surface area contributed by atoms with E-state index in [1.54, 1.807) is 19.2 Å². The number of nitro groups is 1. The average Bonchev–Trinajstić information content (AvgIpc) is 3.28. The molecule has 1 aromatic rings. The molecule has 0 heterocycles. The summed E-state index contributed by atoms with van der Waals surface area (Å²) in [4.78, 5) is 22.5. The zero-order chi connectivity index (χ0) is 14.7. The Morgan fingerprint density at radius 1 is 1.50 bits per heavy atom. The minimum atomic E-state index is -0.491. The fourth-order valence-electron chi connectivity index (χ4n) is 2.22. The summed E-state index contributed by atoms with van der Waals surface area (Å²) in [7, 11) is 1.61. The van der Waals surface area contributed by atoms with Crippen molar-refractivity contribution in [3.05, 3.63) is 33.9 Å². The third-order valence-electron chi connectivity index (χ3n) is 3.74. The highest BCUT2D eigenvalue weighted by Gasteiger charge is 2.28. The number of benzene rings is 1. The lowest BCUT2D eigenvalue weighted by Gasteiger charge is -2.11. The number of carbonyl (C=O) groups excluding carboxylic acids is 1. The fraction of sp³-hybridized carbons (Fsp3) is 0.500. The van der Waals surface area contributed by atoms with Gasteiger partial charge in [-0.1, -0.05) is 6.92 Å². The Morgan fingerprint density at radius 2 is 2.20 bits per heavy atom. The van der Waals surface area contributed by atoms with Gasteiger partial charge in [0.05, 0.1) is 4.92 Å². The summed E-state index contributed by atoms with van der Waals surface area (Å²) in [5.74, 6) is 0.921. The highest BCUT2D eigenvalue weighted by atomic mass is 16.6. The third kappa shape index (κ3) is 3.26. The molecule has 1 atom stereocenters. The summed E-state index contributed by atoms with van der Waals surface area (Å²) in [5, 5.41) is 16.5. The van der Waals surface area contributed by atoms with E-state index >= 15 is 0 Å². The van der Waals surface area contributed by atoms with Crippen molar-refractivity contribution in [2.75, 3.05) is 18.9 Å². The Morgan fingerprint density at radius 3 is 2.75 bits per heavy atom. The first-order valence-electron chi connectivity index (χ1n) is 6.77. The standard InChI is InChI=1S/C14H19N3O3/c1-9(10-3-4-10)8-16-14(18)11-5-6-12(15-2)13(7-11)17(19)20/h5-7,9-10,15H,3-4,8H2,1-2H3,(H,16,18). The highest BCUT2D eigenvalue weighted by Crippen LogP contribution is 2.36. The predicted octanol–water partition coefficient (Wildman–Crippen LogP) is 2.41. The van der Waals surface area contributed by atoms with Gasteiger partial charge in [-0.15, -0.1) is 0 Å². The Bertz CT molecular complexity index is 526. The van der Waals surface area contributed by atoms with Crippen LogP contribution in [0.5, 0.6) is 0 Å². The van der Waals surface area contributed by atoms with Crippen molar-refractivity contribution in [3.63, 3.8) is 0 Å². The summed E-state index contributed by atoms with van der Waals surface area (Å²) < 4.78 is 0. The Labute approximate surface area is 117 Å². The molecule has 108 valence electrons. The molecule has 6 nitrogen and oxygen atoms in total. The van der Waals surface area contributed by atoms with Crippen LogP contribution in [0, 0.1) is 22.0 Å². The minimum Gasteiger partial charge on any atom is -0.383 e. The van der Waals surface area contributed by atoms with Gasteiger partial charge in [-0.2, -0.15) is 0 Å². The molecule has 0 spiro atoms. The number of hydrogen-bond acceptors (Lipinski definition) is 4. The quantitative estimate of drug-likeness (QED) is 0.617. The zero-order valence-electron chi connectivity index (χ0n) is 11.7. The topological polar surface area (TPSA) is 84.3 Å². The van der Waals surface area contributed by atoms with E-state index in [0.29, 0.717) is 23.7 Å². The fourth-order valence-corrected chi connectivity index (χ4v) is 2.22. The van der Waals surface area contributed by atoms with Crippen molar-refractivity contribution in [3.8, 4) is 0 Å². The van der Waals surface area contributed by atoms with Crippen LogP contribution in [0.3, 0.4) is 0 Å². The van der Waals surface area contributed by atoms with Crippen LogP contribution in [0.25, 0.3) is 0 Å². The van der Waals surface area contributed by atoms with Crippen LogP contribution >= 0.6 is 0 Å². The van der Waals surface area contributed by atoms with E-state index in [4.69, 9.17) is 0 Å². The van der Waals surface area contributed by atoms with Gasteiger partial charge in [0.1, 0.15) is 5.69 Å². The second-order valence-electron chi connectivity index (χ2n) is 5.26. The van der Waals surface area contributed by atoms with Crippen LogP contribution < -0.4 is 10.6 Å². The van der Waals surface area contributed by atoms with Gasteiger partial charge in [0.2, 0.25) is 0 Å². The van der Waals surface area contributed by atoms with Crippen LogP contribution in [0.1, 0.15) is 30.1 Å². The average molecular weight is 277 g/mol. The van der Waals surface area contributed by atoms with Crippen molar-refractivity contribution in [2.45, 2.75) is 19.8 Å². The molecule has 1 aliphatic carbocycles. The van der Waals surface area contributed by atoms with Gasteiger partial charge in [0.25, 0.3) is 11.6 Å². The maximum Gasteiger partial charge on any atom is 0.293 e. The van der Waals surface area contributed by atoms with Gasteiger partial charge < -0.3 is 10.6 Å². The largest absolute Gasteiger partial charge is 0.383 e.